The van der Waals surface area contributed by atoms with Gasteiger partial charge in [-0.15, -0.1) is 0 Å². The molecule has 0 spiro atoms. The fraction of sp³-hybridized carbons (Fsp3) is 0.692. The highest BCUT2D eigenvalue weighted by Crippen LogP contribution is 2.46. The number of halogens is 1. The van der Waals surface area contributed by atoms with Gasteiger partial charge in [-0.05, 0) is 48.3 Å². The maximum absolute atomic E-state index is 4.79. The van der Waals surface area contributed by atoms with Crippen LogP contribution >= 0.6 is 22.6 Å². The van der Waals surface area contributed by atoms with E-state index in [-0.39, 0.29) is 5.41 Å². The maximum atomic E-state index is 4.79. The summed E-state index contributed by atoms with van der Waals surface area (Å²) in [4.78, 5) is 9.50. The molecular weight excluding hydrogens is 325 g/mol. The van der Waals surface area contributed by atoms with Crippen LogP contribution in [0.2, 0.25) is 0 Å². The van der Waals surface area contributed by atoms with Gasteiger partial charge in [-0.3, -0.25) is 0 Å². The molecule has 0 saturated heterocycles. The molecule has 0 radical (unpaired) electrons. The van der Waals surface area contributed by atoms with Crippen LogP contribution in [-0.2, 0) is 5.41 Å². The van der Waals surface area contributed by atoms with Crippen molar-refractivity contribution in [3.05, 3.63) is 15.1 Å². The molecule has 1 fully saturated rings. The Balaban J connectivity index is 2.48. The molecule has 4 heteroatoms. The standard InChI is InChI=1S/C13H20IN3/c1-5-15-11-9(14)10(8(2)3)16-12(17-11)13(4)6-7-13/h8H,5-7H2,1-4H3,(H,15,16,17). The largest absolute Gasteiger partial charge is 0.369 e. The molecule has 1 aliphatic rings. The SMILES string of the molecule is CCNc1nc(C2(C)CC2)nc(C(C)C)c1I. The molecule has 1 N–H and O–H groups in total. The minimum atomic E-state index is 0.234. The van der Waals surface area contributed by atoms with Gasteiger partial charge in [0.25, 0.3) is 0 Å². The van der Waals surface area contributed by atoms with Gasteiger partial charge in [-0.2, -0.15) is 0 Å². The van der Waals surface area contributed by atoms with Crippen molar-refractivity contribution >= 4 is 28.4 Å². The summed E-state index contributed by atoms with van der Waals surface area (Å²) in [6, 6.07) is 0. The molecule has 2 rings (SSSR count). The van der Waals surface area contributed by atoms with Crippen molar-refractivity contribution in [2.75, 3.05) is 11.9 Å². The van der Waals surface area contributed by atoms with Crippen LogP contribution in [0.25, 0.3) is 0 Å². The second-order valence-electron chi connectivity index (χ2n) is 5.34. The van der Waals surface area contributed by atoms with Crippen molar-refractivity contribution in [1.82, 2.24) is 9.97 Å². The van der Waals surface area contributed by atoms with Crippen LogP contribution in [0.4, 0.5) is 5.82 Å². The second-order valence-corrected chi connectivity index (χ2v) is 6.42. The van der Waals surface area contributed by atoms with Gasteiger partial charge in [-0.25, -0.2) is 9.97 Å². The number of nitrogens with one attached hydrogen (secondary N) is 1. The van der Waals surface area contributed by atoms with Crippen LogP contribution < -0.4 is 5.32 Å². The van der Waals surface area contributed by atoms with Crippen molar-refractivity contribution in [3.8, 4) is 0 Å². The normalized spacial score (nSPS) is 17.3. The maximum Gasteiger partial charge on any atom is 0.143 e. The first kappa shape index (κ1) is 13.1. The van der Waals surface area contributed by atoms with E-state index in [9.17, 15) is 0 Å². The van der Waals surface area contributed by atoms with Crippen molar-refractivity contribution in [1.29, 1.82) is 0 Å². The average Bonchev–Trinajstić information content (AvgIpc) is 3.00. The number of anilines is 1. The summed E-state index contributed by atoms with van der Waals surface area (Å²) in [5, 5.41) is 3.35. The van der Waals surface area contributed by atoms with Crippen molar-refractivity contribution in [2.45, 2.75) is 51.9 Å². The highest BCUT2D eigenvalue weighted by Gasteiger charge is 2.42. The van der Waals surface area contributed by atoms with E-state index in [2.05, 4.69) is 55.6 Å². The molecule has 3 nitrogen and oxygen atoms in total. The van der Waals surface area contributed by atoms with E-state index in [1.165, 1.54) is 22.1 Å². The van der Waals surface area contributed by atoms with Gasteiger partial charge in [0.2, 0.25) is 0 Å². The summed E-state index contributed by atoms with van der Waals surface area (Å²) >= 11 is 2.36. The summed E-state index contributed by atoms with van der Waals surface area (Å²) in [5.41, 5.74) is 1.41. The Morgan fingerprint density at radius 1 is 1.35 bits per heavy atom. The minimum absolute atomic E-state index is 0.234. The molecule has 94 valence electrons. The van der Waals surface area contributed by atoms with Gasteiger partial charge in [0.05, 0.1) is 9.26 Å². The van der Waals surface area contributed by atoms with Crippen LogP contribution in [0.1, 0.15) is 58.0 Å². The highest BCUT2D eigenvalue weighted by atomic mass is 127. The lowest BCUT2D eigenvalue weighted by atomic mass is 10.1. The fourth-order valence-corrected chi connectivity index (χ4v) is 2.87. The van der Waals surface area contributed by atoms with E-state index in [0.29, 0.717) is 5.92 Å². The topological polar surface area (TPSA) is 37.8 Å². The van der Waals surface area contributed by atoms with E-state index in [4.69, 9.17) is 9.97 Å². The third-order valence-corrected chi connectivity index (χ3v) is 4.37. The summed E-state index contributed by atoms with van der Waals surface area (Å²) in [7, 11) is 0. The minimum Gasteiger partial charge on any atom is -0.369 e. The first-order chi connectivity index (χ1) is 7.98. The molecule has 1 heterocycles. The first-order valence-corrected chi connectivity index (χ1v) is 7.37. The molecule has 17 heavy (non-hydrogen) atoms. The van der Waals surface area contributed by atoms with Crippen molar-refractivity contribution in [2.24, 2.45) is 0 Å². The Bertz CT molecular complexity index is 425. The van der Waals surface area contributed by atoms with Crippen LogP contribution in [0.3, 0.4) is 0 Å². The number of rotatable bonds is 4. The van der Waals surface area contributed by atoms with E-state index in [0.717, 1.165) is 18.2 Å². The van der Waals surface area contributed by atoms with E-state index in [1.807, 2.05) is 0 Å². The van der Waals surface area contributed by atoms with Gasteiger partial charge in [0.1, 0.15) is 11.6 Å². The monoisotopic (exact) mass is 345 g/mol. The smallest absolute Gasteiger partial charge is 0.143 e. The molecule has 1 aromatic heterocycles. The number of hydrogen-bond acceptors (Lipinski definition) is 3. The van der Waals surface area contributed by atoms with Crippen LogP contribution in [0.5, 0.6) is 0 Å². The van der Waals surface area contributed by atoms with E-state index >= 15 is 0 Å². The van der Waals surface area contributed by atoms with Crippen LogP contribution in [0.15, 0.2) is 0 Å². The molecule has 0 amide bonds. The number of aromatic nitrogens is 2. The highest BCUT2D eigenvalue weighted by molar-refractivity contribution is 14.1. The summed E-state index contributed by atoms with van der Waals surface area (Å²) in [6.45, 7) is 9.65. The zero-order valence-corrected chi connectivity index (χ0v) is 13.1. The zero-order chi connectivity index (χ0) is 12.6. The molecule has 0 atom stereocenters. The molecule has 1 aromatic rings. The Labute approximate surface area is 117 Å². The van der Waals surface area contributed by atoms with Crippen LogP contribution in [-0.4, -0.2) is 16.5 Å². The lowest BCUT2D eigenvalue weighted by molar-refractivity contribution is 0.680. The Kier molecular flexibility index (Phi) is 3.61. The van der Waals surface area contributed by atoms with Gasteiger partial charge < -0.3 is 5.32 Å². The Morgan fingerprint density at radius 3 is 2.47 bits per heavy atom. The lowest BCUT2D eigenvalue weighted by Gasteiger charge is -2.16. The molecule has 0 unspecified atom stereocenters. The molecule has 1 aliphatic carbocycles. The van der Waals surface area contributed by atoms with Crippen molar-refractivity contribution in [3.63, 3.8) is 0 Å². The predicted octanol–water partition coefficient (Wildman–Crippen LogP) is 3.69. The summed E-state index contributed by atoms with van der Waals surface area (Å²) < 4.78 is 1.17. The zero-order valence-electron chi connectivity index (χ0n) is 11.0. The number of hydrogen-bond donors (Lipinski definition) is 1. The van der Waals surface area contributed by atoms with Gasteiger partial charge in [0.15, 0.2) is 0 Å². The van der Waals surface area contributed by atoms with Gasteiger partial charge >= 0.3 is 0 Å². The van der Waals surface area contributed by atoms with Crippen molar-refractivity contribution < 1.29 is 0 Å². The van der Waals surface area contributed by atoms with Gasteiger partial charge in [0, 0.05) is 12.0 Å². The predicted molar refractivity (Wildman–Crippen MR) is 79.6 cm³/mol. The third-order valence-electron chi connectivity index (χ3n) is 3.31. The van der Waals surface area contributed by atoms with E-state index in [1.54, 1.807) is 0 Å². The fourth-order valence-electron chi connectivity index (χ4n) is 1.81. The second kappa shape index (κ2) is 4.71. The first-order valence-electron chi connectivity index (χ1n) is 6.29. The summed E-state index contributed by atoms with van der Waals surface area (Å²) in [6.07, 6.45) is 2.44. The average molecular weight is 345 g/mol. The van der Waals surface area contributed by atoms with Crippen LogP contribution in [0, 0.1) is 3.57 Å². The molecule has 0 aromatic carbocycles. The molecule has 0 bridgehead atoms. The van der Waals surface area contributed by atoms with Gasteiger partial charge in [-0.1, -0.05) is 20.8 Å². The molecular formula is C13H20IN3. The number of nitrogens with zero attached hydrogens (tertiary/aromatic N) is 2. The quantitative estimate of drug-likeness (QED) is 0.846. The Hall–Kier alpha value is -0.390. The lowest BCUT2D eigenvalue weighted by Crippen LogP contribution is -2.15. The third kappa shape index (κ3) is 2.56. The summed E-state index contributed by atoms with van der Waals surface area (Å²) in [5.74, 6) is 2.48. The Morgan fingerprint density at radius 2 is 2.00 bits per heavy atom. The molecule has 1 saturated carbocycles. The molecule has 0 aliphatic heterocycles. The van der Waals surface area contributed by atoms with E-state index < -0.39 is 0 Å².